The first kappa shape index (κ1) is 17.4. The normalized spacial score (nSPS) is 22.6. The summed E-state index contributed by atoms with van der Waals surface area (Å²) in [7, 11) is 0. The van der Waals surface area contributed by atoms with Gasteiger partial charge in [0.05, 0.1) is 19.3 Å². The Bertz CT molecular complexity index is 570. The fourth-order valence-electron chi connectivity index (χ4n) is 4.12. The van der Waals surface area contributed by atoms with E-state index in [4.69, 9.17) is 4.74 Å². The lowest BCUT2D eigenvalue weighted by molar-refractivity contribution is -0.142. The van der Waals surface area contributed by atoms with Crippen molar-refractivity contribution >= 4 is 5.91 Å². The van der Waals surface area contributed by atoms with E-state index in [1.54, 1.807) is 0 Å². The van der Waals surface area contributed by atoms with Gasteiger partial charge in [0.2, 0.25) is 5.91 Å². The SMILES string of the molecule is Cc1cc(C)c(CN2CCCCC2C(=O)N2CCOCC2)c(C)c1. The lowest BCUT2D eigenvalue weighted by atomic mass is 9.95. The molecule has 2 aliphatic heterocycles. The number of piperidine rings is 1. The van der Waals surface area contributed by atoms with Crippen LogP contribution < -0.4 is 0 Å². The first-order valence-electron chi connectivity index (χ1n) is 9.23. The summed E-state index contributed by atoms with van der Waals surface area (Å²) >= 11 is 0. The highest BCUT2D eigenvalue weighted by Crippen LogP contribution is 2.25. The second-order valence-electron chi connectivity index (χ2n) is 7.30. The van der Waals surface area contributed by atoms with Crippen LogP contribution in [0.4, 0.5) is 0 Å². The van der Waals surface area contributed by atoms with Gasteiger partial charge >= 0.3 is 0 Å². The Morgan fingerprint density at radius 1 is 1.08 bits per heavy atom. The topological polar surface area (TPSA) is 32.8 Å². The predicted octanol–water partition coefficient (Wildman–Crippen LogP) is 2.83. The molecule has 132 valence electrons. The van der Waals surface area contributed by atoms with E-state index >= 15 is 0 Å². The number of likely N-dealkylation sites (tertiary alicyclic amines) is 1. The van der Waals surface area contributed by atoms with Crippen molar-refractivity contribution in [3.8, 4) is 0 Å². The molecule has 0 N–H and O–H groups in total. The molecule has 0 spiro atoms. The molecule has 2 fully saturated rings. The van der Waals surface area contributed by atoms with Crippen molar-refractivity contribution in [1.29, 1.82) is 0 Å². The van der Waals surface area contributed by atoms with E-state index in [0.717, 1.165) is 39.0 Å². The number of carbonyl (C=O) groups is 1. The number of morpholine rings is 1. The molecule has 2 aliphatic rings. The Labute approximate surface area is 145 Å². The van der Waals surface area contributed by atoms with Crippen molar-refractivity contribution in [3.05, 3.63) is 34.4 Å². The van der Waals surface area contributed by atoms with Gasteiger partial charge in [-0.05, 0) is 56.8 Å². The average molecular weight is 330 g/mol. The zero-order chi connectivity index (χ0) is 17.1. The van der Waals surface area contributed by atoms with Gasteiger partial charge in [0.15, 0.2) is 0 Å². The molecule has 1 aromatic rings. The lowest BCUT2D eigenvalue weighted by Crippen LogP contribution is -2.53. The summed E-state index contributed by atoms with van der Waals surface area (Å²) in [5, 5.41) is 0. The second-order valence-corrected chi connectivity index (χ2v) is 7.30. The zero-order valence-electron chi connectivity index (χ0n) is 15.3. The monoisotopic (exact) mass is 330 g/mol. The molecule has 2 saturated heterocycles. The van der Waals surface area contributed by atoms with Crippen LogP contribution in [0.2, 0.25) is 0 Å². The standard InChI is InChI=1S/C20H30N2O2/c1-15-12-16(2)18(17(3)13-15)14-22-7-5-4-6-19(22)20(23)21-8-10-24-11-9-21/h12-13,19H,4-11,14H2,1-3H3. The van der Waals surface area contributed by atoms with E-state index < -0.39 is 0 Å². The molecule has 4 heteroatoms. The molecule has 1 unspecified atom stereocenters. The minimum absolute atomic E-state index is 0.0388. The molecule has 1 atom stereocenters. The maximum atomic E-state index is 13.0. The van der Waals surface area contributed by atoms with Gasteiger partial charge in [0, 0.05) is 19.6 Å². The fourth-order valence-corrected chi connectivity index (χ4v) is 4.12. The summed E-state index contributed by atoms with van der Waals surface area (Å²) in [5.41, 5.74) is 5.39. The van der Waals surface area contributed by atoms with E-state index in [2.05, 4.69) is 37.8 Å². The molecule has 1 amide bonds. The number of amides is 1. The molecule has 0 aromatic heterocycles. The molecular weight excluding hydrogens is 300 g/mol. The summed E-state index contributed by atoms with van der Waals surface area (Å²) in [4.78, 5) is 17.4. The first-order valence-corrected chi connectivity index (χ1v) is 9.23. The molecule has 3 rings (SSSR count). The van der Waals surface area contributed by atoms with Crippen LogP contribution in [-0.2, 0) is 16.1 Å². The maximum absolute atomic E-state index is 13.0. The molecule has 0 saturated carbocycles. The maximum Gasteiger partial charge on any atom is 0.240 e. The average Bonchev–Trinajstić information content (AvgIpc) is 2.58. The zero-order valence-corrected chi connectivity index (χ0v) is 15.3. The van der Waals surface area contributed by atoms with Crippen molar-refractivity contribution in [1.82, 2.24) is 9.80 Å². The summed E-state index contributed by atoms with van der Waals surface area (Å²) in [6.07, 6.45) is 3.33. The molecule has 1 aromatic carbocycles. The number of nitrogens with zero attached hydrogens (tertiary/aromatic N) is 2. The third-order valence-corrected chi connectivity index (χ3v) is 5.42. The summed E-state index contributed by atoms with van der Waals surface area (Å²) < 4.78 is 5.39. The van der Waals surface area contributed by atoms with Crippen molar-refractivity contribution in [2.24, 2.45) is 0 Å². The largest absolute Gasteiger partial charge is 0.378 e. The second kappa shape index (κ2) is 7.66. The number of rotatable bonds is 3. The number of hydrogen-bond donors (Lipinski definition) is 0. The van der Waals surface area contributed by atoms with Gasteiger partial charge in [-0.3, -0.25) is 9.69 Å². The van der Waals surface area contributed by atoms with Gasteiger partial charge in [-0.15, -0.1) is 0 Å². The van der Waals surface area contributed by atoms with Gasteiger partial charge in [0.25, 0.3) is 0 Å². The molecular formula is C20H30N2O2. The Hall–Kier alpha value is -1.39. The molecule has 0 radical (unpaired) electrons. The van der Waals surface area contributed by atoms with Crippen LogP contribution in [0.1, 0.15) is 41.5 Å². The minimum Gasteiger partial charge on any atom is -0.378 e. The smallest absolute Gasteiger partial charge is 0.240 e. The Balaban J connectivity index is 1.76. The number of benzene rings is 1. The van der Waals surface area contributed by atoms with Gasteiger partial charge in [-0.1, -0.05) is 24.1 Å². The van der Waals surface area contributed by atoms with Crippen LogP contribution >= 0.6 is 0 Å². The highest BCUT2D eigenvalue weighted by Gasteiger charge is 2.32. The van der Waals surface area contributed by atoms with Crippen molar-refractivity contribution in [2.75, 3.05) is 32.8 Å². The van der Waals surface area contributed by atoms with Crippen LogP contribution in [0, 0.1) is 20.8 Å². The molecule has 24 heavy (non-hydrogen) atoms. The Morgan fingerprint density at radius 3 is 2.42 bits per heavy atom. The Morgan fingerprint density at radius 2 is 1.75 bits per heavy atom. The minimum atomic E-state index is 0.0388. The van der Waals surface area contributed by atoms with E-state index in [1.807, 2.05) is 4.90 Å². The lowest BCUT2D eigenvalue weighted by Gasteiger charge is -2.39. The molecule has 2 heterocycles. The van der Waals surface area contributed by atoms with E-state index in [1.165, 1.54) is 28.7 Å². The van der Waals surface area contributed by atoms with Gasteiger partial charge in [-0.2, -0.15) is 0 Å². The number of ether oxygens (including phenoxy) is 1. The van der Waals surface area contributed by atoms with Crippen LogP contribution in [0.5, 0.6) is 0 Å². The summed E-state index contributed by atoms with van der Waals surface area (Å²) in [6.45, 7) is 11.3. The molecule has 0 aliphatic carbocycles. The fraction of sp³-hybridized carbons (Fsp3) is 0.650. The molecule has 0 bridgehead atoms. The van der Waals surface area contributed by atoms with Gasteiger partial charge in [-0.25, -0.2) is 0 Å². The van der Waals surface area contributed by atoms with Crippen molar-refractivity contribution in [3.63, 3.8) is 0 Å². The van der Waals surface area contributed by atoms with E-state index in [9.17, 15) is 4.79 Å². The summed E-state index contributed by atoms with van der Waals surface area (Å²) in [6, 6.07) is 4.55. The summed E-state index contributed by atoms with van der Waals surface area (Å²) in [5.74, 6) is 0.306. The highest BCUT2D eigenvalue weighted by atomic mass is 16.5. The molecule has 4 nitrogen and oxygen atoms in total. The first-order chi connectivity index (χ1) is 11.6. The third-order valence-electron chi connectivity index (χ3n) is 5.42. The van der Waals surface area contributed by atoms with Crippen LogP contribution in [0.3, 0.4) is 0 Å². The van der Waals surface area contributed by atoms with Crippen LogP contribution in [-0.4, -0.2) is 54.6 Å². The van der Waals surface area contributed by atoms with Crippen LogP contribution in [0.15, 0.2) is 12.1 Å². The predicted molar refractivity (Wildman–Crippen MR) is 96.1 cm³/mol. The quantitative estimate of drug-likeness (QED) is 0.854. The van der Waals surface area contributed by atoms with E-state index in [0.29, 0.717) is 19.1 Å². The Kier molecular flexibility index (Phi) is 5.57. The van der Waals surface area contributed by atoms with E-state index in [-0.39, 0.29) is 6.04 Å². The van der Waals surface area contributed by atoms with Crippen molar-refractivity contribution in [2.45, 2.75) is 52.6 Å². The van der Waals surface area contributed by atoms with Crippen molar-refractivity contribution < 1.29 is 9.53 Å². The number of carbonyl (C=O) groups excluding carboxylic acids is 1. The number of hydrogen-bond acceptors (Lipinski definition) is 3. The van der Waals surface area contributed by atoms with Gasteiger partial charge < -0.3 is 9.64 Å². The van der Waals surface area contributed by atoms with Gasteiger partial charge in [0.1, 0.15) is 0 Å². The van der Waals surface area contributed by atoms with Crippen LogP contribution in [0.25, 0.3) is 0 Å². The number of aryl methyl sites for hydroxylation is 3. The highest BCUT2D eigenvalue weighted by molar-refractivity contribution is 5.82. The third kappa shape index (κ3) is 3.81.